The van der Waals surface area contributed by atoms with Gasteiger partial charge in [-0.2, -0.15) is 0 Å². The Morgan fingerprint density at radius 3 is 2.62 bits per heavy atom. The van der Waals surface area contributed by atoms with Gasteiger partial charge in [0.25, 0.3) is 0 Å². The molecule has 0 aromatic heterocycles. The Hall–Kier alpha value is -0.610. The topological polar surface area (TPSA) is 58.4 Å². The molecule has 1 unspecified atom stereocenters. The van der Waals surface area contributed by atoms with E-state index in [1.165, 1.54) is 0 Å². The monoisotopic (exact) mass is 229 g/mol. The van der Waals surface area contributed by atoms with E-state index in [9.17, 15) is 4.79 Å². The maximum absolute atomic E-state index is 11.4. The van der Waals surface area contributed by atoms with E-state index in [4.69, 9.17) is 5.73 Å². The van der Waals surface area contributed by atoms with Crippen molar-refractivity contribution in [1.29, 1.82) is 0 Å². The molecule has 0 radical (unpaired) electrons. The molecule has 16 heavy (non-hydrogen) atoms. The van der Waals surface area contributed by atoms with Crippen molar-refractivity contribution in [2.24, 2.45) is 11.7 Å². The number of carbonyl (C=O) groups is 1. The van der Waals surface area contributed by atoms with Crippen LogP contribution in [0.3, 0.4) is 0 Å². The number of carbonyl (C=O) groups excluding carboxylic acids is 1. The Labute approximate surface area is 99.6 Å². The molecule has 0 bridgehead atoms. The molecule has 0 heterocycles. The molecule has 0 aliphatic rings. The van der Waals surface area contributed by atoms with Crippen LogP contribution in [0.1, 0.15) is 32.6 Å². The first-order valence-corrected chi connectivity index (χ1v) is 6.17. The molecular weight excluding hydrogens is 202 g/mol. The molecule has 0 aromatic rings. The fraction of sp³-hybridized carbons (Fsp3) is 0.917. The predicted molar refractivity (Wildman–Crippen MR) is 68.3 cm³/mol. The van der Waals surface area contributed by atoms with Gasteiger partial charge in [0.15, 0.2) is 0 Å². The van der Waals surface area contributed by atoms with Crippen LogP contribution in [0.15, 0.2) is 0 Å². The Bertz CT molecular complexity index is 183. The Balaban J connectivity index is 3.37. The van der Waals surface area contributed by atoms with Crippen molar-refractivity contribution in [3.8, 4) is 0 Å². The van der Waals surface area contributed by atoms with Crippen LogP contribution in [0.5, 0.6) is 0 Å². The maximum Gasteiger partial charge on any atom is 0.220 e. The molecule has 0 fully saturated rings. The molecule has 4 heteroatoms. The van der Waals surface area contributed by atoms with Gasteiger partial charge in [-0.15, -0.1) is 0 Å². The number of hydrogen-bond donors (Lipinski definition) is 2. The van der Waals surface area contributed by atoms with Gasteiger partial charge in [0.2, 0.25) is 5.91 Å². The van der Waals surface area contributed by atoms with Crippen LogP contribution in [-0.4, -0.2) is 44.5 Å². The average Bonchev–Trinajstić information content (AvgIpc) is 2.22. The lowest BCUT2D eigenvalue weighted by Gasteiger charge is -2.11. The van der Waals surface area contributed by atoms with Gasteiger partial charge in [-0.3, -0.25) is 4.79 Å². The van der Waals surface area contributed by atoms with Gasteiger partial charge >= 0.3 is 0 Å². The Morgan fingerprint density at radius 2 is 2.06 bits per heavy atom. The third-order valence-corrected chi connectivity index (χ3v) is 2.63. The van der Waals surface area contributed by atoms with Gasteiger partial charge in [0.05, 0.1) is 0 Å². The van der Waals surface area contributed by atoms with Crippen LogP contribution in [-0.2, 0) is 4.79 Å². The second-order valence-corrected chi connectivity index (χ2v) is 4.73. The van der Waals surface area contributed by atoms with E-state index < -0.39 is 0 Å². The van der Waals surface area contributed by atoms with Crippen LogP contribution in [0.2, 0.25) is 0 Å². The highest BCUT2D eigenvalue weighted by atomic mass is 16.1. The highest BCUT2D eigenvalue weighted by molar-refractivity contribution is 5.75. The number of rotatable bonds is 9. The zero-order valence-electron chi connectivity index (χ0n) is 11.0. The number of nitrogens with two attached hydrogens (primary N) is 1. The third-order valence-electron chi connectivity index (χ3n) is 2.63. The van der Waals surface area contributed by atoms with E-state index in [0.717, 1.165) is 32.4 Å². The SMILES string of the molecule is CC(CCN)CCC(=O)NCCCN(C)C. The quantitative estimate of drug-likeness (QED) is 0.576. The molecule has 0 rings (SSSR count). The molecule has 0 aliphatic carbocycles. The summed E-state index contributed by atoms with van der Waals surface area (Å²) in [6.07, 6.45) is 3.59. The number of amides is 1. The summed E-state index contributed by atoms with van der Waals surface area (Å²) < 4.78 is 0. The summed E-state index contributed by atoms with van der Waals surface area (Å²) in [6.45, 7) is 4.66. The minimum atomic E-state index is 0.169. The first-order chi connectivity index (χ1) is 7.56. The van der Waals surface area contributed by atoms with Gasteiger partial charge in [0.1, 0.15) is 0 Å². The van der Waals surface area contributed by atoms with Gasteiger partial charge in [-0.1, -0.05) is 6.92 Å². The fourth-order valence-electron chi connectivity index (χ4n) is 1.52. The number of nitrogens with zero attached hydrogens (tertiary/aromatic N) is 1. The van der Waals surface area contributed by atoms with E-state index in [1.807, 2.05) is 14.1 Å². The van der Waals surface area contributed by atoms with Gasteiger partial charge in [-0.25, -0.2) is 0 Å². The molecule has 0 aliphatic heterocycles. The molecule has 0 spiro atoms. The van der Waals surface area contributed by atoms with Crippen molar-refractivity contribution >= 4 is 5.91 Å². The lowest BCUT2D eigenvalue weighted by molar-refractivity contribution is -0.121. The largest absolute Gasteiger partial charge is 0.356 e. The zero-order valence-corrected chi connectivity index (χ0v) is 11.0. The van der Waals surface area contributed by atoms with Gasteiger partial charge < -0.3 is 16.0 Å². The average molecular weight is 229 g/mol. The highest BCUT2D eigenvalue weighted by Crippen LogP contribution is 2.08. The third kappa shape index (κ3) is 9.93. The number of nitrogens with one attached hydrogen (secondary N) is 1. The molecule has 4 nitrogen and oxygen atoms in total. The van der Waals surface area contributed by atoms with Crippen LogP contribution in [0.4, 0.5) is 0 Å². The zero-order chi connectivity index (χ0) is 12.4. The molecule has 1 amide bonds. The maximum atomic E-state index is 11.4. The van der Waals surface area contributed by atoms with E-state index in [1.54, 1.807) is 0 Å². The van der Waals surface area contributed by atoms with Crippen molar-refractivity contribution < 1.29 is 4.79 Å². The minimum Gasteiger partial charge on any atom is -0.356 e. The van der Waals surface area contributed by atoms with E-state index >= 15 is 0 Å². The number of hydrogen-bond acceptors (Lipinski definition) is 3. The highest BCUT2D eigenvalue weighted by Gasteiger charge is 2.05. The summed E-state index contributed by atoms with van der Waals surface area (Å²) in [5.74, 6) is 0.722. The Morgan fingerprint density at radius 1 is 1.38 bits per heavy atom. The molecule has 0 aromatic carbocycles. The standard InChI is InChI=1S/C12H27N3O/c1-11(7-8-13)5-6-12(16)14-9-4-10-15(2)3/h11H,4-10,13H2,1-3H3,(H,14,16). The Kier molecular flexibility index (Phi) is 9.24. The van der Waals surface area contributed by atoms with Crippen LogP contribution >= 0.6 is 0 Å². The predicted octanol–water partition coefficient (Wildman–Crippen LogP) is 0.819. The first-order valence-electron chi connectivity index (χ1n) is 6.17. The smallest absolute Gasteiger partial charge is 0.220 e. The molecular formula is C12H27N3O. The van der Waals surface area contributed by atoms with E-state index in [0.29, 0.717) is 18.9 Å². The summed E-state index contributed by atoms with van der Waals surface area (Å²) in [4.78, 5) is 13.6. The first kappa shape index (κ1) is 15.4. The van der Waals surface area contributed by atoms with E-state index in [-0.39, 0.29) is 5.91 Å². The van der Waals surface area contributed by atoms with Crippen molar-refractivity contribution in [2.75, 3.05) is 33.7 Å². The van der Waals surface area contributed by atoms with Crippen molar-refractivity contribution in [2.45, 2.75) is 32.6 Å². The van der Waals surface area contributed by atoms with Gasteiger partial charge in [0, 0.05) is 13.0 Å². The summed E-state index contributed by atoms with van der Waals surface area (Å²) in [6, 6.07) is 0. The second-order valence-electron chi connectivity index (χ2n) is 4.73. The molecule has 0 saturated heterocycles. The summed E-state index contributed by atoms with van der Waals surface area (Å²) in [7, 11) is 4.08. The van der Waals surface area contributed by atoms with Crippen molar-refractivity contribution in [3.05, 3.63) is 0 Å². The van der Waals surface area contributed by atoms with Crippen LogP contribution in [0.25, 0.3) is 0 Å². The van der Waals surface area contributed by atoms with E-state index in [2.05, 4.69) is 17.1 Å². The fourth-order valence-corrected chi connectivity index (χ4v) is 1.52. The van der Waals surface area contributed by atoms with Crippen molar-refractivity contribution in [3.63, 3.8) is 0 Å². The lowest BCUT2D eigenvalue weighted by Crippen LogP contribution is -2.27. The minimum absolute atomic E-state index is 0.169. The summed E-state index contributed by atoms with van der Waals surface area (Å²) >= 11 is 0. The van der Waals surface area contributed by atoms with Crippen molar-refractivity contribution in [1.82, 2.24) is 10.2 Å². The normalized spacial score (nSPS) is 12.8. The summed E-state index contributed by atoms with van der Waals surface area (Å²) in [5.41, 5.74) is 5.46. The molecule has 96 valence electrons. The molecule has 0 saturated carbocycles. The lowest BCUT2D eigenvalue weighted by atomic mass is 10.0. The second kappa shape index (κ2) is 9.60. The van der Waals surface area contributed by atoms with Crippen LogP contribution in [0, 0.1) is 5.92 Å². The van der Waals surface area contributed by atoms with Crippen LogP contribution < -0.4 is 11.1 Å². The summed E-state index contributed by atoms with van der Waals surface area (Å²) in [5, 5.41) is 2.94. The molecule has 1 atom stereocenters. The molecule has 3 N–H and O–H groups in total. The van der Waals surface area contributed by atoms with Gasteiger partial charge in [-0.05, 0) is 52.4 Å².